The highest BCUT2D eigenvalue weighted by Gasteiger charge is 2.25. The fourth-order valence-electron chi connectivity index (χ4n) is 4.71. The summed E-state index contributed by atoms with van der Waals surface area (Å²) < 4.78 is 19.9. The second-order valence-electron chi connectivity index (χ2n) is 9.85. The van der Waals surface area contributed by atoms with Gasteiger partial charge in [0.15, 0.2) is 0 Å². The molecule has 0 radical (unpaired) electrons. The van der Waals surface area contributed by atoms with Crippen molar-refractivity contribution in [2.75, 3.05) is 13.7 Å². The first-order valence-corrected chi connectivity index (χ1v) is 12.3. The minimum absolute atomic E-state index is 0.0313. The largest absolute Gasteiger partial charge is 0.454 e. The van der Waals surface area contributed by atoms with Crippen LogP contribution in [-0.4, -0.2) is 41.1 Å². The maximum atomic E-state index is 13.6. The summed E-state index contributed by atoms with van der Waals surface area (Å²) in [7, 11) is 1.55. The van der Waals surface area contributed by atoms with Gasteiger partial charge in [-0.15, -0.1) is 0 Å². The molecule has 5 rings (SSSR count). The van der Waals surface area contributed by atoms with Crippen molar-refractivity contribution < 1.29 is 23.5 Å². The number of hydrogen-bond donors (Lipinski definition) is 4. The number of fused-ring (bicyclic) bond motifs is 3. The quantitative estimate of drug-likeness (QED) is 0.226. The molecule has 2 heterocycles. The van der Waals surface area contributed by atoms with Crippen LogP contribution in [0.2, 0.25) is 0 Å². The van der Waals surface area contributed by atoms with Gasteiger partial charge in [0.2, 0.25) is 0 Å². The van der Waals surface area contributed by atoms with Crippen molar-refractivity contribution in [2.24, 2.45) is 0 Å². The number of aromatic nitrogens is 1. The number of aromatic amines is 1. The molecule has 2 amide bonds. The van der Waals surface area contributed by atoms with Crippen LogP contribution in [0.5, 0.6) is 0 Å². The molecular formula is C30H28FN3O4. The van der Waals surface area contributed by atoms with Crippen LogP contribution in [0.25, 0.3) is 44.3 Å². The van der Waals surface area contributed by atoms with Crippen LogP contribution in [-0.2, 0) is 0 Å². The summed E-state index contributed by atoms with van der Waals surface area (Å²) >= 11 is 0. The normalized spacial score (nSPS) is 11.7. The van der Waals surface area contributed by atoms with Crippen LogP contribution in [0.1, 0.15) is 41.0 Å². The number of aliphatic hydroxyl groups is 1. The molecule has 0 fully saturated rings. The Balaban J connectivity index is 1.69. The van der Waals surface area contributed by atoms with Gasteiger partial charge in [-0.2, -0.15) is 0 Å². The van der Waals surface area contributed by atoms with Crippen LogP contribution in [0.15, 0.2) is 71.3 Å². The molecule has 0 atom stereocenters. The average Bonchev–Trinajstić information content (AvgIpc) is 3.53. The van der Waals surface area contributed by atoms with E-state index in [0.717, 1.165) is 22.0 Å². The Bertz CT molecular complexity index is 1660. The second kappa shape index (κ2) is 9.79. The third-order valence-electron chi connectivity index (χ3n) is 6.68. The van der Waals surface area contributed by atoms with E-state index in [-0.39, 0.29) is 24.2 Å². The van der Waals surface area contributed by atoms with E-state index < -0.39 is 5.54 Å². The second-order valence-corrected chi connectivity index (χ2v) is 9.85. The van der Waals surface area contributed by atoms with Gasteiger partial charge in [-0.3, -0.25) is 9.59 Å². The highest BCUT2D eigenvalue weighted by Crippen LogP contribution is 2.41. The zero-order valence-corrected chi connectivity index (χ0v) is 21.3. The van der Waals surface area contributed by atoms with E-state index in [1.54, 1.807) is 43.6 Å². The lowest BCUT2D eigenvalue weighted by Gasteiger charge is -2.25. The van der Waals surface area contributed by atoms with Crippen molar-refractivity contribution in [2.45, 2.75) is 25.8 Å². The van der Waals surface area contributed by atoms with Crippen molar-refractivity contribution in [1.82, 2.24) is 15.6 Å². The molecule has 0 aliphatic heterocycles. The molecule has 8 heteroatoms. The highest BCUT2D eigenvalue weighted by molar-refractivity contribution is 6.19. The van der Waals surface area contributed by atoms with Gasteiger partial charge in [0, 0.05) is 52.9 Å². The predicted octanol–water partition coefficient (Wildman–Crippen LogP) is 5.64. The van der Waals surface area contributed by atoms with E-state index >= 15 is 0 Å². The van der Waals surface area contributed by atoms with Gasteiger partial charge < -0.3 is 25.1 Å². The molecular weight excluding hydrogens is 485 g/mol. The maximum Gasteiger partial charge on any atom is 0.255 e. The van der Waals surface area contributed by atoms with Gasteiger partial charge in [-0.25, -0.2) is 4.39 Å². The molecule has 0 aliphatic carbocycles. The lowest BCUT2D eigenvalue weighted by Crippen LogP contribution is -2.44. The summed E-state index contributed by atoms with van der Waals surface area (Å²) in [6.45, 7) is 3.69. The molecule has 0 saturated carbocycles. The molecule has 38 heavy (non-hydrogen) atoms. The third kappa shape index (κ3) is 4.54. The number of benzene rings is 3. The van der Waals surface area contributed by atoms with E-state index in [4.69, 9.17) is 4.42 Å². The van der Waals surface area contributed by atoms with Crippen LogP contribution in [0.3, 0.4) is 0 Å². The fraction of sp³-hybridized carbons (Fsp3) is 0.200. The van der Waals surface area contributed by atoms with E-state index in [9.17, 15) is 19.1 Å². The van der Waals surface area contributed by atoms with Crippen molar-refractivity contribution >= 4 is 33.7 Å². The number of hydrogen-bond acceptors (Lipinski definition) is 4. The Hall–Kier alpha value is -4.43. The highest BCUT2D eigenvalue weighted by atomic mass is 19.1. The first-order chi connectivity index (χ1) is 18.2. The van der Waals surface area contributed by atoms with Crippen LogP contribution in [0, 0.1) is 5.82 Å². The van der Waals surface area contributed by atoms with Gasteiger partial charge in [-0.05, 0) is 74.4 Å². The van der Waals surface area contributed by atoms with Crippen LogP contribution >= 0.6 is 0 Å². The number of halogens is 1. The lowest BCUT2D eigenvalue weighted by molar-refractivity contribution is 0.0898. The van der Waals surface area contributed by atoms with Crippen molar-refractivity contribution in [3.63, 3.8) is 0 Å². The molecule has 0 aliphatic rings. The molecule has 0 unspecified atom stereocenters. The lowest BCUT2D eigenvalue weighted by atomic mass is 9.96. The Morgan fingerprint density at radius 1 is 1.00 bits per heavy atom. The number of furan rings is 1. The average molecular weight is 514 g/mol. The smallest absolute Gasteiger partial charge is 0.255 e. The minimum Gasteiger partial charge on any atom is -0.454 e. The van der Waals surface area contributed by atoms with Gasteiger partial charge in [-0.1, -0.05) is 12.1 Å². The zero-order valence-electron chi connectivity index (χ0n) is 21.3. The first-order valence-electron chi connectivity index (χ1n) is 12.3. The Morgan fingerprint density at radius 3 is 2.47 bits per heavy atom. The first kappa shape index (κ1) is 25.2. The number of carbonyl (C=O) groups excluding carboxylic acids is 2. The third-order valence-corrected chi connectivity index (χ3v) is 6.68. The molecule has 0 saturated heterocycles. The molecule has 5 aromatic rings. The molecule has 3 aromatic carbocycles. The number of carbonyl (C=O) groups is 2. The monoisotopic (exact) mass is 513 g/mol. The standard InChI is InChI=1S/C30H28FN3O4/c1-30(2,12-14-35)34-28(36)19-6-4-5-18(15-19)22-16-23-24(29(37)32-3)26(17-7-9-20(31)10-8-17)38-27(23)21-11-13-33-25(21)22/h4-11,13,15-16,33,35H,12,14H2,1-3H3,(H,32,37)(H,34,36). The van der Waals surface area contributed by atoms with E-state index in [1.807, 2.05) is 32.0 Å². The summed E-state index contributed by atoms with van der Waals surface area (Å²) in [6.07, 6.45) is 2.22. The summed E-state index contributed by atoms with van der Waals surface area (Å²) in [4.78, 5) is 29.4. The van der Waals surface area contributed by atoms with E-state index in [0.29, 0.717) is 39.8 Å². The Labute approximate surface area is 218 Å². The van der Waals surface area contributed by atoms with E-state index in [2.05, 4.69) is 15.6 Å². The number of H-pyrrole nitrogens is 1. The van der Waals surface area contributed by atoms with Crippen molar-refractivity contribution in [3.05, 3.63) is 83.8 Å². The predicted molar refractivity (Wildman–Crippen MR) is 146 cm³/mol. The van der Waals surface area contributed by atoms with Gasteiger partial charge >= 0.3 is 0 Å². The maximum absolute atomic E-state index is 13.6. The summed E-state index contributed by atoms with van der Waals surface area (Å²) in [6, 6.07) is 16.8. The zero-order chi connectivity index (χ0) is 27.0. The minimum atomic E-state index is -0.566. The number of amides is 2. The van der Waals surface area contributed by atoms with Gasteiger partial charge in [0.25, 0.3) is 11.8 Å². The summed E-state index contributed by atoms with van der Waals surface area (Å²) in [5, 5.41) is 16.3. The molecule has 0 spiro atoms. The van der Waals surface area contributed by atoms with Gasteiger partial charge in [0.1, 0.15) is 17.2 Å². The number of aliphatic hydroxyl groups excluding tert-OH is 1. The Morgan fingerprint density at radius 2 is 1.76 bits per heavy atom. The number of nitrogens with one attached hydrogen (secondary N) is 3. The summed E-state index contributed by atoms with van der Waals surface area (Å²) in [5.74, 6) is -0.617. The van der Waals surface area contributed by atoms with Crippen molar-refractivity contribution in [1.29, 1.82) is 0 Å². The molecule has 2 aromatic heterocycles. The topological polar surface area (TPSA) is 107 Å². The Kier molecular flexibility index (Phi) is 6.50. The van der Waals surface area contributed by atoms with Crippen LogP contribution in [0.4, 0.5) is 4.39 Å². The van der Waals surface area contributed by atoms with Gasteiger partial charge in [0.05, 0.1) is 11.1 Å². The SMILES string of the molecule is CNC(=O)c1c(-c2ccc(F)cc2)oc2c1cc(-c1cccc(C(=O)NC(C)(C)CCO)c1)c1[nH]ccc12. The molecule has 0 bridgehead atoms. The van der Waals surface area contributed by atoms with Crippen molar-refractivity contribution in [3.8, 4) is 22.5 Å². The molecule has 4 N–H and O–H groups in total. The fourth-order valence-corrected chi connectivity index (χ4v) is 4.71. The number of rotatable bonds is 7. The van der Waals surface area contributed by atoms with E-state index in [1.165, 1.54) is 12.1 Å². The van der Waals surface area contributed by atoms with Crippen LogP contribution < -0.4 is 10.6 Å². The molecule has 7 nitrogen and oxygen atoms in total. The molecule has 194 valence electrons. The summed E-state index contributed by atoms with van der Waals surface area (Å²) in [5.41, 5.74) is 3.72.